The predicted molar refractivity (Wildman–Crippen MR) is 67.7 cm³/mol. The molecule has 3 atom stereocenters. The summed E-state index contributed by atoms with van der Waals surface area (Å²) in [5.74, 6) is 0.511. The molecule has 0 bridgehead atoms. The quantitative estimate of drug-likeness (QED) is 0.845. The maximum absolute atomic E-state index is 12.4. The number of nitrogens with two attached hydrogens (primary N) is 1. The van der Waals surface area contributed by atoms with Gasteiger partial charge in [0.2, 0.25) is 5.91 Å². The largest absolute Gasteiger partial charge is 0.341 e. The average Bonchev–Trinajstić information content (AvgIpc) is 2.91. The number of carbonyl (C=O) groups excluding carboxylic acids is 1. The van der Waals surface area contributed by atoms with E-state index in [0.717, 1.165) is 25.9 Å². The van der Waals surface area contributed by atoms with E-state index in [1.807, 2.05) is 18.7 Å². The van der Waals surface area contributed by atoms with Crippen molar-refractivity contribution in [2.75, 3.05) is 13.1 Å². The van der Waals surface area contributed by atoms with Gasteiger partial charge < -0.3 is 10.6 Å². The van der Waals surface area contributed by atoms with Crippen molar-refractivity contribution >= 4 is 5.91 Å². The number of amides is 1. The third-order valence-electron chi connectivity index (χ3n) is 3.70. The zero-order valence-electron chi connectivity index (χ0n) is 11.0. The van der Waals surface area contributed by atoms with E-state index in [0.29, 0.717) is 5.92 Å². The monoisotopic (exact) mass is 251 g/mol. The Bertz CT molecular complexity index is 389. The molecule has 0 aliphatic carbocycles. The second kappa shape index (κ2) is 5.48. The third kappa shape index (κ3) is 2.69. The third-order valence-corrected chi connectivity index (χ3v) is 3.70. The Balaban J connectivity index is 2.00. The van der Waals surface area contributed by atoms with E-state index in [4.69, 9.17) is 5.73 Å². The molecule has 0 radical (unpaired) electrons. The zero-order chi connectivity index (χ0) is 13.1. The lowest BCUT2D eigenvalue weighted by molar-refractivity contribution is -0.136. The number of likely N-dealkylation sites (tertiary alicyclic amines) is 1. The van der Waals surface area contributed by atoms with Gasteiger partial charge in [0.05, 0.1) is 0 Å². The maximum atomic E-state index is 12.4. The molecule has 0 spiro atoms. The minimum Gasteiger partial charge on any atom is -0.341 e. The molecule has 1 saturated heterocycles. The number of hydrogen-bond donors (Lipinski definition) is 1. The van der Waals surface area contributed by atoms with Crippen molar-refractivity contribution < 1.29 is 4.79 Å². The number of rotatable bonds is 3. The van der Waals surface area contributed by atoms with Gasteiger partial charge >= 0.3 is 0 Å². The topological polar surface area (TPSA) is 77.0 Å². The van der Waals surface area contributed by atoms with Gasteiger partial charge in [0.15, 0.2) is 0 Å². The van der Waals surface area contributed by atoms with Gasteiger partial charge in [-0.1, -0.05) is 0 Å². The summed E-state index contributed by atoms with van der Waals surface area (Å²) >= 11 is 0. The van der Waals surface area contributed by atoms with E-state index in [2.05, 4.69) is 10.1 Å². The number of aromatic nitrogens is 3. The first-order valence-electron chi connectivity index (χ1n) is 6.48. The van der Waals surface area contributed by atoms with E-state index in [9.17, 15) is 4.79 Å². The SMILES string of the molecule is CC(N)C1CCCN(C(=O)C(C)n2cncn2)C1. The Labute approximate surface area is 107 Å². The Morgan fingerprint density at radius 1 is 1.50 bits per heavy atom. The van der Waals surface area contributed by atoms with Crippen LogP contribution >= 0.6 is 0 Å². The molecule has 1 aliphatic rings. The van der Waals surface area contributed by atoms with Crippen LogP contribution in [-0.2, 0) is 4.79 Å². The lowest BCUT2D eigenvalue weighted by Crippen LogP contribution is -2.47. The molecule has 2 heterocycles. The van der Waals surface area contributed by atoms with Gasteiger partial charge in [0.25, 0.3) is 0 Å². The van der Waals surface area contributed by atoms with Crippen molar-refractivity contribution in [3.63, 3.8) is 0 Å². The van der Waals surface area contributed by atoms with Gasteiger partial charge in [0, 0.05) is 19.1 Å². The number of piperidine rings is 1. The molecule has 1 amide bonds. The first-order chi connectivity index (χ1) is 8.59. The van der Waals surface area contributed by atoms with Crippen molar-refractivity contribution in [2.24, 2.45) is 11.7 Å². The second-order valence-corrected chi connectivity index (χ2v) is 5.10. The Kier molecular flexibility index (Phi) is 3.96. The fourth-order valence-electron chi connectivity index (χ4n) is 2.43. The van der Waals surface area contributed by atoms with Crippen LogP contribution in [0, 0.1) is 5.92 Å². The Morgan fingerprint density at radius 3 is 2.89 bits per heavy atom. The highest BCUT2D eigenvalue weighted by Gasteiger charge is 2.29. The molecule has 0 saturated carbocycles. The summed E-state index contributed by atoms with van der Waals surface area (Å²) in [5.41, 5.74) is 5.93. The highest BCUT2D eigenvalue weighted by Crippen LogP contribution is 2.21. The predicted octanol–water partition coefficient (Wildman–Crippen LogP) is 0.425. The van der Waals surface area contributed by atoms with Gasteiger partial charge in [0.1, 0.15) is 18.7 Å². The minimum atomic E-state index is -0.292. The van der Waals surface area contributed by atoms with Gasteiger partial charge in [-0.25, -0.2) is 9.67 Å². The molecule has 100 valence electrons. The molecule has 1 fully saturated rings. The van der Waals surface area contributed by atoms with Crippen LogP contribution in [0.15, 0.2) is 12.7 Å². The standard InChI is InChI=1S/C12H21N5O/c1-9(13)11-4-3-5-16(6-11)12(18)10(2)17-8-14-7-15-17/h7-11H,3-6,13H2,1-2H3. The lowest BCUT2D eigenvalue weighted by Gasteiger charge is -2.35. The molecule has 2 N–H and O–H groups in total. The van der Waals surface area contributed by atoms with E-state index >= 15 is 0 Å². The maximum Gasteiger partial charge on any atom is 0.247 e. The molecule has 1 aromatic rings. The summed E-state index contributed by atoms with van der Waals surface area (Å²) in [5, 5.41) is 4.02. The smallest absolute Gasteiger partial charge is 0.247 e. The highest BCUT2D eigenvalue weighted by molar-refractivity contribution is 5.80. The fraction of sp³-hybridized carbons (Fsp3) is 0.750. The Hall–Kier alpha value is -1.43. The molecule has 3 unspecified atom stereocenters. The Morgan fingerprint density at radius 2 is 2.28 bits per heavy atom. The van der Waals surface area contributed by atoms with E-state index in [1.54, 1.807) is 11.0 Å². The van der Waals surface area contributed by atoms with Gasteiger partial charge in [-0.15, -0.1) is 0 Å². The number of nitrogens with zero attached hydrogens (tertiary/aromatic N) is 4. The van der Waals surface area contributed by atoms with Crippen LogP contribution in [0.25, 0.3) is 0 Å². The summed E-state index contributed by atoms with van der Waals surface area (Å²) < 4.78 is 1.60. The average molecular weight is 251 g/mol. The molecule has 1 aromatic heterocycles. The van der Waals surface area contributed by atoms with Crippen LogP contribution in [0.3, 0.4) is 0 Å². The highest BCUT2D eigenvalue weighted by atomic mass is 16.2. The van der Waals surface area contributed by atoms with Gasteiger partial charge in [-0.2, -0.15) is 5.10 Å². The van der Waals surface area contributed by atoms with Gasteiger partial charge in [-0.05, 0) is 32.6 Å². The minimum absolute atomic E-state index is 0.103. The van der Waals surface area contributed by atoms with Crippen LogP contribution < -0.4 is 5.73 Å². The lowest BCUT2D eigenvalue weighted by atomic mass is 9.92. The fourth-order valence-corrected chi connectivity index (χ4v) is 2.43. The van der Waals surface area contributed by atoms with Crippen LogP contribution in [0.4, 0.5) is 0 Å². The normalized spacial score (nSPS) is 23.7. The second-order valence-electron chi connectivity index (χ2n) is 5.10. The summed E-state index contributed by atoms with van der Waals surface area (Å²) in [4.78, 5) is 18.1. The number of hydrogen-bond acceptors (Lipinski definition) is 4. The molecule has 6 nitrogen and oxygen atoms in total. The van der Waals surface area contributed by atoms with Crippen molar-refractivity contribution in [3.8, 4) is 0 Å². The summed E-state index contributed by atoms with van der Waals surface area (Å²) in [7, 11) is 0. The molecule has 18 heavy (non-hydrogen) atoms. The van der Waals surface area contributed by atoms with E-state index in [1.165, 1.54) is 6.33 Å². The van der Waals surface area contributed by atoms with Crippen molar-refractivity contribution in [2.45, 2.75) is 38.8 Å². The van der Waals surface area contributed by atoms with Crippen LogP contribution in [0.2, 0.25) is 0 Å². The molecular formula is C12H21N5O. The summed E-state index contributed by atoms with van der Waals surface area (Å²) in [6.45, 7) is 5.45. The first kappa shape index (κ1) is 13.0. The van der Waals surface area contributed by atoms with Crippen LogP contribution in [0.1, 0.15) is 32.7 Å². The first-order valence-corrected chi connectivity index (χ1v) is 6.48. The van der Waals surface area contributed by atoms with Crippen molar-refractivity contribution in [3.05, 3.63) is 12.7 Å². The molecule has 6 heteroatoms. The van der Waals surface area contributed by atoms with Crippen molar-refractivity contribution in [1.29, 1.82) is 0 Å². The summed E-state index contributed by atoms with van der Waals surface area (Å²) in [6, 6.07) is -0.151. The van der Waals surface area contributed by atoms with Crippen LogP contribution in [0.5, 0.6) is 0 Å². The van der Waals surface area contributed by atoms with E-state index < -0.39 is 0 Å². The molecule has 0 aromatic carbocycles. The van der Waals surface area contributed by atoms with Crippen molar-refractivity contribution in [1.82, 2.24) is 19.7 Å². The molecule has 2 rings (SSSR count). The molecular weight excluding hydrogens is 230 g/mol. The van der Waals surface area contributed by atoms with E-state index in [-0.39, 0.29) is 18.0 Å². The number of carbonyl (C=O) groups is 1. The summed E-state index contributed by atoms with van der Waals surface area (Å²) in [6.07, 6.45) is 5.17. The molecule has 1 aliphatic heterocycles. The van der Waals surface area contributed by atoms with Crippen LogP contribution in [-0.4, -0.2) is 44.7 Å². The van der Waals surface area contributed by atoms with Gasteiger partial charge in [-0.3, -0.25) is 4.79 Å². The zero-order valence-corrected chi connectivity index (χ0v) is 11.0.